The molecular formula is C31H42N6O. The van der Waals surface area contributed by atoms with Crippen LogP contribution in [0, 0.1) is 23.2 Å². The number of fused-ring (bicyclic) bond motifs is 1. The zero-order valence-electron chi connectivity index (χ0n) is 23.5. The maximum Gasteiger partial charge on any atom is 0.274 e. The van der Waals surface area contributed by atoms with Crippen LogP contribution in [0.15, 0.2) is 36.4 Å². The number of rotatable bonds is 12. The van der Waals surface area contributed by atoms with Crippen LogP contribution < -0.4 is 0 Å². The first kappa shape index (κ1) is 27.8. The second kappa shape index (κ2) is 13.0. The highest BCUT2D eigenvalue weighted by Crippen LogP contribution is 2.26. The first-order chi connectivity index (χ1) is 18.4. The molecule has 0 radical (unpaired) electrons. The van der Waals surface area contributed by atoms with E-state index in [1.807, 2.05) is 45.8 Å². The van der Waals surface area contributed by atoms with Gasteiger partial charge in [0.05, 0.1) is 23.0 Å². The topological polar surface area (TPSA) is 77.5 Å². The molecule has 202 valence electrons. The number of aryl methyl sites for hydroxylation is 1. The molecule has 0 unspecified atom stereocenters. The lowest BCUT2D eigenvalue weighted by Crippen LogP contribution is -2.35. The van der Waals surface area contributed by atoms with Gasteiger partial charge in [-0.15, -0.1) is 0 Å². The summed E-state index contributed by atoms with van der Waals surface area (Å²) in [5.41, 5.74) is 4.71. The SMILES string of the molecule is CC(C)CCN(CCC(C)C)C(=O)c1ccc2nc(-c3ccc(C#N)cc3)c(CCCN3CCCC3)n2n1. The number of amides is 1. The van der Waals surface area contributed by atoms with Crippen LogP contribution in [-0.2, 0) is 6.42 Å². The minimum atomic E-state index is -0.00941. The molecule has 0 atom stereocenters. The summed E-state index contributed by atoms with van der Waals surface area (Å²) in [6.45, 7) is 13.7. The molecule has 0 saturated carbocycles. The van der Waals surface area contributed by atoms with Crippen molar-refractivity contribution in [3.8, 4) is 17.3 Å². The number of carbonyl (C=O) groups is 1. The number of nitriles is 1. The van der Waals surface area contributed by atoms with Crippen molar-refractivity contribution in [2.24, 2.45) is 11.8 Å². The van der Waals surface area contributed by atoms with Crippen LogP contribution in [0.25, 0.3) is 16.9 Å². The minimum absolute atomic E-state index is 0.00941. The van der Waals surface area contributed by atoms with E-state index in [4.69, 9.17) is 10.1 Å². The Balaban J connectivity index is 1.66. The maximum absolute atomic E-state index is 13.7. The predicted octanol–water partition coefficient (Wildman–Crippen LogP) is 5.83. The Bertz CT molecular complexity index is 1240. The number of hydrogen-bond donors (Lipinski definition) is 0. The molecular weight excluding hydrogens is 472 g/mol. The molecule has 0 aliphatic carbocycles. The normalized spacial score (nSPS) is 14.0. The molecule has 1 saturated heterocycles. The van der Waals surface area contributed by atoms with Crippen molar-refractivity contribution < 1.29 is 4.79 Å². The van der Waals surface area contributed by atoms with Crippen LogP contribution in [-0.4, -0.2) is 63.0 Å². The van der Waals surface area contributed by atoms with E-state index < -0.39 is 0 Å². The fourth-order valence-corrected chi connectivity index (χ4v) is 5.03. The van der Waals surface area contributed by atoms with Crippen LogP contribution in [0.1, 0.15) is 81.5 Å². The Labute approximate surface area is 227 Å². The summed E-state index contributed by atoms with van der Waals surface area (Å²) in [5, 5.41) is 14.1. The Kier molecular flexibility index (Phi) is 9.52. The lowest BCUT2D eigenvalue weighted by atomic mass is 10.1. The van der Waals surface area contributed by atoms with E-state index in [2.05, 4.69) is 38.7 Å². The average Bonchev–Trinajstić information content (AvgIpc) is 3.56. The molecule has 1 aliphatic heterocycles. The van der Waals surface area contributed by atoms with E-state index in [1.165, 1.54) is 25.9 Å². The first-order valence-electron chi connectivity index (χ1n) is 14.3. The molecule has 0 N–H and O–H groups in total. The number of likely N-dealkylation sites (tertiary alicyclic amines) is 1. The molecule has 2 aromatic heterocycles. The standard InChI is InChI=1S/C31H42N6O/c1-23(2)15-20-36(21-16-24(3)4)31(38)27-13-14-29-33-30(26-11-9-25(22-32)10-12-26)28(37(29)34-27)8-7-19-35-17-5-6-18-35/h9-14,23-24H,5-8,15-21H2,1-4H3. The third-order valence-corrected chi connectivity index (χ3v) is 7.40. The highest BCUT2D eigenvalue weighted by Gasteiger charge is 2.22. The molecule has 0 bridgehead atoms. The third-order valence-electron chi connectivity index (χ3n) is 7.40. The van der Waals surface area contributed by atoms with Crippen molar-refractivity contribution in [1.82, 2.24) is 24.4 Å². The van der Waals surface area contributed by atoms with Gasteiger partial charge in [-0.1, -0.05) is 39.8 Å². The molecule has 38 heavy (non-hydrogen) atoms. The van der Waals surface area contributed by atoms with Gasteiger partial charge in [0.2, 0.25) is 0 Å². The smallest absolute Gasteiger partial charge is 0.274 e. The second-order valence-corrected chi connectivity index (χ2v) is 11.4. The number of carbonyl (C=O) groups excluding carboxylic acids is 1. The number of aromatic nitrogens is 3. The van der Waals surface area contributed by atoms with Crippen LogP contribution in [0.3, 0.4) is 0 Å². The van der Waals surface area contributed by atoms with Gasteiger partial charge >= 0.3 is 0 Å². The van der Waals surface area contributed by atoms with Gasteiger partial charge in [-0.05, 0) is 94.3 Å². The Morgan fingerprint density at radius 1 is 1.00 bits per heavy atom. The number of nitrogens with zero attached hydrogens (tertiary/aromatic N) is 6. The van der Waals surface area contributed by atoms with Crippen molar-refractivity contribution in [1.29, 1.82) is 5.26 Å². The zero-order chi connectivity index (χ0) is 27.1. The molecule has 7 nitrogen and oxygen atoms in total. The summed E-state index contributed by atoms with van der Waals surface area (Å²) in [4.78, 5) is 23.1. The number of imidazole rings is 1. The monoisotopic (exact) mass is 514 g/mol. The molecule has 3 heterocycles. The molecule has 3 aromatic rings. The van der Waals surface area contributed by atoms with Crippen molar-refractivity contribution >= 4 is 11.6 Å². The number of benzene rings is 1. The third kappa shape index (κ3) is 6.99. The van der Waals surface area contributed by atoms with E-state index in [0.29, 0.717) is 23.1 Å². The van der Waals surface area contributed by atoms with Gasteiger partial charge in [0, 0.05) is 18.7 Å². The van der Waals surface area contributed by atoms with Gasteiger partial charge in [-0.2, -0.15) is 10.4 Å². The fourth-order valence-electron chi connectivity index (χ4n) is 5.03. The highest BCUT2D eigenvalue weighted by molar-refractivity contribution is 5.92. The van der Waals surface area contributed by atoms with Gasteiger partial charge in [0.25, 0.3) is 5.91 Å². The number of hydrogen-bond acceptors (Lipinski definition) is 5. The van der Waals surface area contributed by atoms with Gasteiger partial charge in [-0.3, -0.25) is 4.79 Å². The lowest BCUT2D eigenvalue weighted by Gasteiger charge is -2.24. The van der Waals surface area contributed by atoms with E-state index in [9.17, 15) is 10.1 Å². The summed E-state index contributed by atoms with van der Waals surface area (Å²) < 4.78 is 1.88. The van der Waals surface area contributed by atoms with Gasteiger partial charge < -0.3 is 9.80 Å². The molecule has 1 aromatic carbocycles. The summed E-state index contributed by atoms with van der Waals surface area (Å²) in [5.74, 6) is 1.06. The van der Waals surface area contributed by atoms with Crippen molar-refractivity contribution in [3.63, 3.8) is 0 Å². The predicted molar refractivity (Wildman–Crippen MR) is 152 cm³/mol. The summed E-state index contributed by atoms with van der Waals surface area (Å²) >= 11 is 0. The Morgan fingerprint density at radius 2 is 1.66 bits per heavy atom. The molecule has 1 amide bonds. The largest absolute Gasteiger partial charge is 0.337 e. The fraction of sp³-hybridized carbons (Fsp3) is 0.548. The Hall–Kier alpha value is -3.24. The Morgan fingerprint density at radius 3 is 2.26 bits per heavy atom. The second-order valence-electron chi connectivity index (χ2n) is 11.4. The summed E-state index contributed by atoms with van der Waals surface area (Å²) in [7, 11) is 0. The van der Waals surface area contributed by atoms with Crippen molar-refractivity contribution in [3.05, 3.63) is 53.3 Å². The molecule has 0 spiro atoms. The van der Waals surface area contributed by atoms with Crippen molar-refractivity contribution in [2.75, 3.05) is 32.7 Å². The van der Waals surface area contributed by atoms with Gasteiger partial charge in [-0.25, -0.2) is 9.50 Å². The van der Waals surface area contributed by atoms with Crippen LogP contribution in [0.2, 0.25) is 0 Å². The highest BCUT2D eigenvalue weighted by atomic mass is 16.2. The molecule has 1 fully saturated rings. The molecule has 7 heteroatoms. The van der Waals surface area contributed by atoms with Gasteiger partial charge in [0.15, 0.2) is 5.65 Å². The minimum Gasteiger partial charge on any atom is -0.337 e. The summed E-state index contributed by atoms with van der Waals surface area (Å²) in [6, 6.07) is 13.5. The van der Waals surface area contributed by atoms with E-state index in [1.54, 1.807) is 0 Å². The van der Waals surface area contributed by atoms with Gasteiger partial charge in [0.1, 0.15) is 5.69 Å². The van der Waals surface area contributed by atoms with Crippen molar-refractivity contribution in [2.45, 2.75) is 66.2 Å². The quantitative estimate of drug-likeness (QED) is 0.304. The van der Waals surface area contributed by atoms with Crippen LogP contribution >= 0.6 is 0 Å². The van der Waals surface area contributed by atoms with E-state index >= 15 is 0 Å². The lowest BCUT2D eigenvalue weighted by molar-refractivity contribution is 0.0733. The molecule has 1 aliphatic rings. The zero-order valence-corrected chi connectivity index (χ0v) is 23.5. The average molecular weight is 515 g/mol. The van der Waals surface area contributed by atoms with E-state index in [0.717, 1.165) is 67.9 Å². The van der Waals surface area contributed by atoms with E-state index in [-0.39, 0.29) is 5.91 Å². The van der Waals surface area contributed by atoms with Crippen LogP contribution in [0.4, 0.5) is 0 Å². The maximum atomic E-state index is 13.7. The first-order valence-corrected chi connectivity index (χ1v) is 14.3. The summed E-state index contributed by atoms with van der Waals surface area (Å²) in [6.07, 6.45) is 6.34. The van der Waals surface area contributed by atoms with Crippen LogP contribution in [0.5, 0.6) is 0 Å². The molecule has 4 rings (SSSR count).